The number of hydrogen-bond acceptors (Lipinski definition) is 3. The monoisotopic (exact) mass is 292 g/mol. The third-order valence-corrected chi connectivity index (χ3v) is 4.07. The fourth-order valence-electron chi connectivity index (χ4n) is 1.34. The van der Waals surface area contributed by atoms with Crippen molar-refractivity contribution >= 4 is 15.7 Å². The van der Waals surface area contributed by atoms with Gasteiger partial charge in [0.05, 0.1) is 11.6 Å². The van der Waals surface area contributed by atoms with E-state index in [0.29, 0.717) is 0 Å². The highest BCUT2D eigenvalue weighted by molar-refractivity contribution is 7.93. The van der Waals surface area contributed by atoms with Crippen molar-refractivity contribution < 1.29 is 21.6 Å². The quantitative estimate of drug-likeness (QED) is 0.927. The molecule has 4 nitrogen and oxygen atoms in total. The molecule has 0 heterocycles. The molecule has 0 spiro atoms. The number of sulfonamides is 1. The molecule has 0 aliphatic heterocycles. The highest BCUT2D eigenvalue weighted by Gasteiger charge is 2.30. The van der Waals surface area contributed by atoms with Gasteiger partial charge in [-0.15, -0.1) is 0 Å². The van der Waals surface area contributed by atoms with E-state index in [1.165, 1.54) is 6.92 Å². The van der Waals surface area contributed by atoms with Crippen molar-refractivity contribution in [3.05, 3.63) is 29.8 Å². The molecule has 1 unspecified atom stereocenters. The maximum absolute atomic E-state index is 12.3. The third-order valence-electron chi connectivity index (χ3n) is 2.36. The molecule has 0 saturated carbocycles. The molecule has 104 valence electrons. The van der Waals surface area contributed by atoms with E-state index in [-0.39, 0.29) is 12.1 Å². The molecule has 0 bridgehead atoms. The molecular weight excluding hydrogens is 281 g/mol. The minimum absolute atomic E-state index is 0.0123. The van der Waals surface area contributed by atoms with E-state index in [1.807, 2.05) is 0 Å². The summed E-state index contributed by atoms with van der Waals surface area (Å²) in [6.45, 7) is 1.53. The average Bonchev–Trinajstić information content (AvgIpc) is 2.29. The number of rotatable bonds is 4. The predicted molar refractivity (Wildman–Crippen MR) is 63.7 cm³/mol. The second-order valence-corrected chi connectivity index (χ2v) is 5.61. The first kappa shape index (κ1) is 15.3. The fourth-order valence-corrected chi connectivity index (χ4v) is 2.53. The van der Waals surface area contributed by atoms with Crippen LogP contribution in [0.3, 0.4) is 0 Å². The van der Waals surface area contributed by atoms with Gasteiger partial charge in [-0.2, -0.15) is 18.4 Å². The summed E-state index contributed by atoms with van der Waals surface area (Å²) in [5, 5.41) is 7.43. The highest BCUT2D eigenvalue weighted by Crippen LogP contribution is 2.30. The molecule has 1 aromatic carbocycles. The topological polar surface area (TPSA) is 70.0 Å². The Morgan fingerprint density at radius 3 is 2.21 bits per heavy atom. The number of alkyl halides is 3. The zero-order valence-electron chi connectivity index (χ0n) is 9.90. The van der Waals surface area contributed by atoms with Crippen LogP contribution in [0.1, 0.15) is 18.9 Å². The van der Waals surface area contributed by atoms with Gasteiger partial charge in [-0.25, -0.2) is 8.42 Å². The van der Waals surface area contributed by atoms with Gasteiger partial charge in [-0.3, -0.25) is 4.72 Å². The molecule has 1 aromatic rings. The van der Waals surface area contributed by atoms with E-state index in [4.69, 9.17) is 5.26 Å². The predicted octanol–water partition coefficient (Wildman–Crippen LogP) is 2.75. The summed E-state index contributed by atoms with van der Waals surface area (Å²) >= 11 is 0. The van der Waals surface area contributed by atoms with Crippen LogP contribution >= 0.6 is 0 Å². The van der Waals surface area contributed by atoms with Crippen LogP contribution in [0.2, 0.25) is 0 Å². The molecule has 0 aliphatic rings. The Bertz CT molecular complexity index is 573. The molecule has 0 saturated heterocycles. The molecule has 0 amide bonds. The Morgan fingerprint density at radius 2 is 1.84 bits per heavy atom. The lowest BCUT2D eigenvalue weighted by Crippen LogP contribution is -2.25. The van der Waals surface area contributed by atoms with Crippen LogP contribution in [0.5, 0.6) is 0 Å². The average molecular weight is 292 g/mol. The maximum Gasteiger partial charge on any atom is 0.416 e. The molecular formula is C11H11F3N2O2S. The van der Waals surface area contributed by atoms with Gasteiger partial charge in [-0.1, -0.05) is 6.92 Å². The highest BCUT2D eigenvalue weighted by atomic mass is 32.2. The fraction of sp³-hybridized carbons (Fsp3) is 0.364. The normalized spacial score (nSPS) is 13.6. The van der Waals surface area contributed by atoms with Crippen molar-refractivity contribution in [2.45, 2.75) is 24.8 Å². The van der Waals surface area contributed by atoms with Crippen molar-refractivity contribution in [1.29, 1.82) is 5.26 Å². The largest absolute Gasteiger partial charge is 0.416 e. The second kappa shape index (κ2) is 5.48. The Labute approximate surface area is 108 Å². The van der Waals surface area contributed by atoms with Gasteiger partial charge in [0.15, 0.2) is 5.25 Å². The molecule has 19 heavy (non-hydrogen) atoms. The number of nitrogens with zero attached hydrogens (tertiary/aromatic N) is 1. The second-order valence-electron chi connectivity index (χ2n) is 3.75. The van der Waals surface area contributed by atoms with Gasteiger partial charge in [0.1, 0.15) is 0 Å². The van der Waals surface area contributed by atoms with E-state index < -0.39 is 27.0 Å². The van der Waals surface area contributed by atoms with Gasteiger partial charge in [-0.05, 0) is 30.7 Å². The number of anilines is 1. The van der Waals surface area contributed by atoms with Gasteiger partial charge in [0.2, 0.25) is 10.0 Å². The van der Waals surface area contributed by atoms with Crippen molar-refractivity contribution in [3.63, 3.8) is 0 Å². The van der Waals surface area contributed by atoms with Crippen LogP contribution in [0.25, 0.3) is 0 Å². The Hall–Kier alpha value is -1.75. The van der Waals surface area contributed by atoms with E-state index in [1.54, 1.807) is 6.07 Å². The lowest BCUT2D eigenvalue weighted by atomic mass is 10.2. The standard InChI is InChI=1S/C11H11F3N2O2S/c1-2-10(7-15)19(17,18)16-9-5-3-8(4-6-9)11(12,13)14/h3-6,10,16H,2H2,1H3. The number of halogens is 3. The first-order chi connectivity index (χ1) is 8.70. The first-order valence-corrected chi connectivity index (χ1v) is 6.84. The van der Waals surface area contributed by atoms with Gasteiger partial charge < -0.3 is 0 Å². The summed E-state index contributed by atoms with van der Waals surface area (Å²) in [6, 6.07) is 5.16. The van der Waals surface area contributed by atoms with Crippen LogP contribution in [0, 0.1) is 11.3 Å². The van der Waals surface area contributed by atoms with Gasteiger partial charge in [0.25, 0.3) is 0 Å². The van der Waals surface area contributed by atoms with Crippen LogP contribution < -0.4 is 4.72 Å². The molecule has 0 aliphatic carbocycles. The van der Waals surface area contributed by atoms with Crippen LogP contribution in [0.15, 0.2) is 24.3 Å². The number of nitriles is 1. The minimum atomic E-state index is -4.48. The molecule has 8 heteroatoms. The summed E-state index contributed by atoms with van der Waals surface area (Å²) in [6.07, 6.45) is -4.39. The smallest absolute Gasteiger partial charge is 0.282 e. The first-order valence-electron chi connectivity index (χ1n) is 5.29. The van der Waals surface area contributed by atoms with Crippen LogP contribution in [-0.4, -0.2) is 13.7 Å². The number of benzene rings is 1. The summed E-state index contributed by atoms with van der Waals surface area (Å²) < 4.78 is 62.4. The molecule has 1 rings (SSSR count). The SMILES string of the molecule is CCC(C#N)S(=O)(=O)Nc1ccc(C(F)(F)F)cc1. The lowest BCUT2D eigenvalue weighted by molar-refractivity contribution is -0.137. The van der Waals surface area contributed by atoms with E-state index in [9.17, 15) is 21.6 Å². The molecule has 1 N–H and O–H groups in total. The van der Waals surface area contributed by atoms with Gasteiger partial charge >= 0.3 is 6.18 Å². The zero-order valence-corrected chi connectivity index (χ0v) is 10.7. The zero-order chi connectivity index (χ0) is 14.7. The van der Waals surface area contributed by atoms with E-state index in [0.717, 1.165) is 24.3 Å². The van der Waals surface area contributed by atoms with Crippen LogP contribution in [-0.2, 0) is 16.2 Å². The van der Waals surface area contributed by atoms with Crippen molar-refractivity contribution in [2.75, 3.05) is 4.72 Å². The Morgan fingerprint density at radius 1 is 1.32 bits per heavy atom. The Balaban J connectivity index is 2.94. The van der Waals surface area contributed by atoms with Gasteiger partial charge in [0, 0.05) is 5.69 Å². The van der Waals surface area contributed by atoms with Crippen molar-refractivity contribution in [2.24, 2.45) is 0 Å². The van der Waals surface area contributed by atoms with E-state index >= 15 is 0 Å². The molecule has 0 aromatic heterocycles. The minimum Gasteiger partial charge on any atom is -0.282 e. The van der Waals surface area contributed by atoms with Crippen molar-refractivity contribution in [1.82, 2.24) is 0 Å². The molecule has 1 atom stereocenters. The summed E-state index contributed by atoms with van der Waals surface area (Å²) in [4.78, 5) is 0. The number of nitrogens with one attached hydrogen (secondary N) is 1. The maximum atomic E-state index is 12.3. The summed E-state index contributed by atoms with van der Waals surface area (Å²) in [7, 11) is -3.92. The van der Waals surface area contributed by atoms with Crippen LogP contribution in [0.4, 0.5) is 18.9 Å². The van der Waals surface area contributed by atoms with Crippen molar-refractivity contribution in [3.8, 4) is 6.07 Å². The lowest BCUT2D eigenvalue weighted by Gasteiger charge is -2.12. The third kappa shape index (κ3) is 3.86. The summed E-state index contributed by atoms with van der Waals surface area (Å²) in [5.41, 5.74) is -0.885. The molecule has 0 radical (unpaired) electrons. The number of hydrogen-bond donors (Lipinski definition) is 1. The Kier molecular flexibility index (Phi) is 4.42. The molecule has 0 fully saturated rings. The summed E-state index contributed by atoms with van der Waals surface area (Å²) in [5.74, 6) is 0. The van der Waals surface area contributed by atoms with E-state index in [2.05, 4.69) is 4.72 Å².